The SMILES string of the molecule is CC(=O)NCc1ccc(S(=O)(=O)Nc2cnc(N(C)C)nc2)s1. The molecular formula is C13H17N5O3S2. The Bertz CT molecular complexity index is 784. The van der Waals surface area contributed by atoms with Gasteiger partial charge in [0.2, 0.25) is 11.9 Å². The van der Waals surface area contributed by atoms with Crippen molar-refractivity contribution in [2.45, 2.75) is 17.7 Å². The molecule has 0 bridgehead atoms. The van der Waals surface area contributed by atoms with E-state index in [-0.39, 0.29) is 15.8 Å². The second-order valence-corrected chi connectivity index (χ2v) is 7.98. The Balaban J connectivity index is 2.10. The summed E-state index contributed by atoms with van der Waals surface area (Å²) in [6, 6.07) is 3.17. The zero-order valence-corrected chi connectivity index (χ0v) is 14.5. The van der Waals surface area contributed by atoms with Crippen LogP contribution in [0.5, 0.6) is 0 Å². The molecule has 2 N–H and O–H groups in total. The predicted molar refractivity (Wildman–Crippen MR) is 89.0 cm³/mol. The van der Waals surface area contributed by atoms with Gasteiger partial charge in [-0.15, -0.1) is 11.3 Å². The van der Waals surface area contributed by atoms with Gasteiger partial charge in [-0.05, 0) is 12.1 Å². The standard InChI is InChI=1S/C13H17N5O3S2/c1-9(19)14-8-11-4-5-12(22-11)23(20,21)17-10-6-15-13(16-7-10)18(2)3/h4-7,17H,8H2,1-3H3,(H,14,19). The van der Waals surface area contributed by atoms with Gasteiger partial charge in [0.25, 0.3) is 10.0 Å². The normalized spacial score (nSPS) is 11.1. The number of rotatable bonds is 6. The number of hydrogen-bond acceptors (Lipinski definition) is 7. The highest BCUT2D eigenvalue weighted by Gasteiger charge is 2.17. The van der Waals surface area contributed by atoms with E-state index in [9.17, 15) is 13.2 Å². The van der Waals surface area contributed by atoms with Crippen molar-refractivity contribution >= 4 is 38.9 Å². The third-order valence-corrected chi connectivity index (χ3v) is 5.66. The number of nitrogens with one attached hydrogen (secondary N) is 2. The summed E-state index contributed by atoms with van der Waals surface area (Å²) in [5.74, 6) is 0.320. The first kappa shape index (κ1) is 17.2. The molecule has 0 aliphatic rings. The van der Waals surface area contributed by atoms with Crippen LogP contribution in [0.1, 0.15) is 11.8 Å². The monoisotopic (exact) mass is 355 g/mol. The van der Waals surface area contributed by atoms with Gasteiger partial charge in [-0.1, -0.05) is 0 Å². The van der Waals surface area contributed by atoms with E-state index >= 15 is 0 Å². The Morgan fingerprint density at radius 3 is 2.48 bits per heavy atom. The number of anilines is 2. The molecule has 0 aromatic carbocycles. The predicted octanol–water partition coefficient (Wildman–Crippen LogP) is 1.04. The zero-order chi connectivity index (χ0) is 17.0. The number of hydrogen-bond donors (Lipinski definition) is 2. The van der Waals surface area contributed by atoms with Crippen LogP contribution in [0, 0.1) is 0 Å². The van der Waals surface area contributed by atoms with E-state index in [1.165, 1.54) is 25.4 Å². The van der Waals surface area contributed by atoms with Crippen molar-refractivity contribution in [2.24, 2.45) is 0 Å². The highest BCUT2D eigenvalue weighted by atomic mass is 32.2. The maximum Gasteiger partial charge on any atom is 0.271 e. The van der Waals surface area contributed by atoms with Crippen LogP contribution in [0.15, 0.2) is 28.7 Å². The number of amides is 1. The van der Waals surface area contributed by atoms with E-state index in [2.05, 4.69) is 20.0 Å². The Labute approximate surface area is 138 Å². The summed E-state index contributed by atoms with van der Waals surface area (Å²) in [6.45, 7) is 1.71. The molecule has 0 aliphatic carbocycles. The minimum absolute atomic E-state index is 0.162. The van der Waals surface area contributed by atoms with E-state index in [1.54, 1.807) is 25.1 Å². The number of sulfonamides is 1. The second kappa shape index (κ2) is 6.92. The highest BCUT2D eigenvalue weighted by molar-refractivity contribution is 7.94. The van der Waals surface area contributed by atoms with Gasteiger partial charge in [-0.3, -0.25) is 9.52 Å². The molecule has 8 nitrogen and oxygen atoms in total. The van der Waals surface area contributed by atoms with Crippen molar-refractivity contribution in [1.29, 1.82) is 0 Å². The molecule has 10 heteroatoms. The molecule has 0 spiro atoms. The van der Waals surface area contributed by atoms with Gasteiger partial charge in [0.1, 0.15) is 4.21 Å². The summed E-state index contributed by atoms with van der Waals surface area (Å²) < 4.78 is 27.2. The fourth-order valence-corrected chi connectivity index (χ4v) is 3.94. The molecule has 2 rings (SSSR count). The number of aromatic nitrogens is 2. The molecule has 124 valence electrons. The van der Waals surface area contributed by atoms with E-state index in [0.717, 1.165) is 16.2 Å². The van der Waals surface area contributed by atoms with Crippen LogP contribution in [0.3, 0.4) is 0 Å². The molecule has 0 radical (unpaired) electrons. The molecule has 0 aliphatic heterocycles. The number of carbonyl (C=O) groups is 1. The Morgan fingerprint density at radius 2 is 1.91 bits per heavy atom. The van der Waals surface area contributed by atoms with Gasteiger partial charge in [-0.2, -0.15) is 0 Å². The summed E-state index contributed by atoms with van der Waals surface area (Å²) in [4.78, 5) is 21.5. The maximum atomic E-state index is 12.3. The lowest BCUT2D eigenvalue weighted by molar-refractivity contribution is -0.119. The van der Waals surface area contributed by atoms with Gasteiger partial charge >= 0.3 is 0 Å². The van der Waals surface area contributed by atoms with Crippen molar-refractivity contribution in [3.8, 4) is 0 Å². The summed E-state index contributed by atoms with van der Waals surface area (Å²) in [7, 11) is -0.116. The second-order valence-electron chi connectivity index (χ2n) is 4.90. The van der Waals surface area contributed by atoms with Crippen molar-refractivity contribution in [2.75, 3.05) is 23.7 Å². The van der Waals surface area contributed by atoms with Crippen LogP contribution in [0.25, 0.3) is 0 Å². The number of nitrogens with zero attached hydrogens (tertiary/aromatic N) is 3. The number of thiophene rings is 1. The van der Waals surface area contributed by atoms with Crippen molar-refractivity contribution in [1.82, 2.24) is 15.3 Å². The van der Waals surface area contributed by atoms with Crippen molar-refractivity contribution in [3.05, 3.63) is 29.4 Å². The Morgan fingerprint density at radius 1 is 1.26 bits per heavy atom. The largest absolute Gasteiger partial charge is 0.351 e. The van der Waals surface area contributed by atoms with Gasteiger partial charge in [0.05, 0.1) is 24.6 Å². The quantitative estimate of drug-likeness (QED) is 0.802. The zero-order valence-electron chi connectivity index (χ0n) is 12.9. The molecule has 0 fully saturated rings. The molecule has 0 saturated heterocycles. The van der Waals surface area contributed by atoms with Gasteiger partial charge in [0, 0.05) is 25.9 Å². The minimum atomic E-state index is -3.70. The van der Waals surface area contributed by atoms with Crippen LogP contribution in [0.2, 0.25) is 0 Å². The first-order valence-electron chi connectivity index (χ1n) is 6.63. The van der Waals surface area contributed by atoms with Crippen LogP contribution in [-0.2, 0) is 21.4 Å². The lowest BCUT2D eigenvalue weighted by Gasteiger charge is -2.10. The summed E-state index contributed by atoms with van der Waals surface area (Å²) >= 11 is 1.09. The smallest absolute Gasteiger partial charge is 0.271 e. The van der Waals surface area contributed by atoms with Crippen molar-refractivity contribution < 1.29 is 13.2 Å². The van der Waals surface area contributed by atoms with Crippen LogP contribution >= 0.6 is 11.3 Å². The molecule has 0 saturated carbocycles. The lowest BCUT2D eigenvalue weighted by Crippen LogP contribution is -2.18. The molecule has 1 amide bonds. The van der Waals surface area contributed by atoms with Crippen molar-refractivity contribution in [3.63, 3.8) is 0 Å². The highest BCUT2D eigenvalue weighted by Crippen LogP contribution is 2.24. The van der Waals surface area contributed by atoms with Crippen LogP contribution in [-0.4, -0.2) is 38.4 Å². The van der Waals surface area contributed by atoms with Crippen LogP contribution < -0.4 is 14.9 Å². The van der Waals surface area contributed by atoms with Crippen LogP contribution in [0.4, 0.5) is 11.6 Å². The minimum Gasteiger partial charge on any atom is -0.351 e. The average molecular weight is 355 g/mol. The summed E-state index contributed by atoms with van der Waals surface area (Å²) in [5.41, 5.74) is 0.285. The number of carbonyl (C=O) groups excluding carboxylic acids is 1. The molecule has 2 heterocycles. The molecular weight excluding hydrogens is 338 g/mol. The lowest BCUT2D eigenvalue weighted by atomic mass is 10.4. The van der Waals surface area contributed by atoms with E-state index in [4.69, 9.17) is 0 Å². The molecule has 0 unspecified atom stereocenters. The van der Waals surface area contributed by atoms with E-state index in [0.29, 0.717) is 12.5 Å². The summed E-state index contributed by atoms with van der Waals surface area (Å²) in [5, 5.41) is 2.62. The van der Waals surface area contributed by atoms with E-state index < -0.39 is 10.0 Å². The van der Waals surface area contributed by atoms with E-state index in [1.807, 2.05) is 0 Å². The average Bonchev–Trinajstić information content (AvgIpc) is 2.95. The third-order valence-electron chi connectivity index (χ3n) is 2.70. The Kier molecular flexibility index (Phi) is 5.16. The molecule has 2 aromatic rings. The maximum absolute atomic E-state index is 12.3. The first-order valence-corrected chi connectivity index (χ1v) is 8.93. The molecule has 2 aromatic heterocycles. The molecule has 23 heavy (non-hydrogen) atoms. The topological polar surface area (TPSA) is 104 Å². The van der Waals surface area contributed by atoms with Gasteiger partial charge in [0.15, 0.2) is 0 Å². The Hall–Kier alpha value is -2.20. The fourth-order valence-electron chi connectivity index (χ4n) is 1.62. The van der Waals surface area contributed by atoms with Gasteiger partial charge in [-0.25, -0.2) is 18.4 Å². The summed E-state index contributed by atoms with van der Waals surface area (Å²) in [6.07, 6.45) is 2.82. The van der Waals surface area contributed by atoms with Gasteiger partial charge < -0.3 is 10.2 Å². The fraction of sp³-hybridized carbons (Fsp3) is 0.308. The molecule has 0 atom stereocenters. The first-order chi connectivity index (χ1) is 10.8. The third kappa shape index (κ3) is 4.63.